The average Bonchev–Trinajstić information content (AvgIpc) is 2.47. The minimum atomic E-state index is -0.298. The molecule has 3 nitrogen and oxygen atoms in total. The number of ether oxygens (including phenoxy) is 1. The first kappa shape index (κ1) is 15.0. The number of halogens is 1. The van der Waals surface area contributed by atoms with Gasteiger partial charge in [-0.2, -0.15) is 0 Å². The maximum atomic E-state index is 11.9. The van der Waals surface area contributed by atoms with E-state index < -0.39 is 0 Å². The second-order valence-electron chi connectivity index (χ2n) is 3.99. The molecule has 104 valence electrons. The fourth-order valence-corrected chi connectivity index (χ4v) is 3.70. The summed E-state index contributed by atoms with van der Waals surface area (Å²) in [7, 11) is 0. The monoisotopic (exact) mass is 355 g/mol. The van der Waals surface area contributed by atoms with Crippen LogP contribution in [0, 0.1) is 0 Å². The molecule has 0 aliphatic rings. The zero-order valence-corrected chi connectivity index (χ0v) is 13.5. The van der Waals surface area contributed by atoms with Crippen LogP contribution in [0.5, 0.6) is 0 Å². The van der Waals surface area contributed by atoms with Crippen LogP contribution in [-0.2, 0) is 10.1 Å². The van der Waals surface area contributed by atoms with Crippen LogP contribution in [0.2, 0.25) is 5.02 Å². The standard InChI is InChI=1S/C15H14ClNO2Se/c1-2-19-15(18)13-4-3-9-17-14(13)20-10-11-5-7-12(16)8-6-11/h3-9H,2,10H2,1H3. The number of pyridine rings is 1. The SMILES string of the molecule is CCOC(=O)c1cccnc1[Se]Cc1ccc(Cl)cc1. The van der Waals surface area contributed by atoms with E-state index in [1.54, 1.807) is 25.3 Å². The fourth-order valence-electron chi connectivity index (χ4n) is 1.60. The summed E-state index contributed by atoms with van der Waals surface area (Å²) in [5, 5.41) is 1.60. The Hall–Kier alpha value is -1.35. The Bertz CT molecular complexity index is 587. The molecule has 5 heteroatoms. The molecule has 0 fully saturated rings. The summed E-state index contributed by atoms with van der Waals surface area (Å²) in [6.45, 7) is 2.17. The molecule has 0 aliphatic carbocycles. The number of rotatable bonds is 5. The van der Waals surface area contributed by atoms with Gasteiger partial charge in [0.25, 0.3) is 0 Å². The molecule has 0 radical (unpaired) electrons. The summed E-state index contributed by atoms with van der Waals surface area (Å²) in [6.07, 6.45) is 1.71. The van der Waals surface area contributed by atoms with Gasteiger partial charge in [0.2, 0.25) is 0 Å². The van der Waals surface area contributed by atoms with Crippen LogP contribution in [0.3, 0.4) is 0 Å². The van der Waals surface area contributed by atoms with Gasteiger partial charge < -0.3 is 0 Å². The zero-order valence-electron chi connectivity index (χ0n) is 11.0. The van der Waals surface area contributed by atoms with Crippen molar-refractivity contribution in [1.29, 1.82) is 0 Å². The van der Waals surface area contributed by atoms with E-state index in [4.69, 9.17) is 16.3 Å². The Morgan fingerprint density at radius 3 is 2.75 bits per heavy atom. The van der Waals surface area contributed by atoms with Crippen molar-refractivity contribution in [1.82, 2.24) is 4.98 Å². The Kier molecular flexibility index (Phi) is 5.59. The molecule has 1 aromatic heterocycles. The first-order valence-corrected chi connectivity index (χ1v) is 8.64. The molecule has 1 aromatic carbocycles. The summed E-state index contributed by atoms with van der Waals surface area (Å²) in [5.41, 5.74) is 1.76. The van der Waals surface area contributed by atoms with Crippen LogP contribution in [-0.4, -0.2) is 32.5 Å². The van der Waals surface area contributed by atoms with Gasteiger partial charge in [-0.15, -0.1) is 0 Å². The van der Waals surface area contributed by atoms with E-state index in [1.165, 1.54) is 5.56 Å². The van der Waals surface area contributed by atoms with Crippen LogP contribution in [0.15, 0.2) is 42.6 Å². The van der Waals surface area contributed by atoms with Gasteiger partial charge in [-0.1, -0.05) is 0 Å². The maximum absolute atomic E-state index is 11.9. The first-order chi connectivity index (χ1) is 9.70. The number of carbonyl (C=O) groups excluding carboxylic acids is 1. The molecule has 0 saturated carbocycles. The molecule has 0 saturated heterocycles. The predicted molar refractivity (Wildman–Crippen MR) is 80.7 cm³/mol. The van der Waals surface area contributed by atoms with Gasteiger partial charge in [0.1, 0.15) is 0 Å². The molecule has 1 heterocycles. The number of benzene rings is 1. The van der Waals surface area contributed by atoms with Gasteiger partial charge in [0.05, 0.1) is 0 Å². The Morgan fingerprint density at radius 2 is 2.05 bits per heavy atom. The number of hydrogen-bond donors (Lipinski definition) is 0. The third-order valence-corrected chi connectivity index (χ3v) is 5.07. The number of carbonyl (C=O) groups is 1. The topological polar surface area (TPSA) is 39.2 Å². The zero-order chi connectivity index (χ0) is 14.4. The molecule has 0 N–H and O–H groups in total. The predicted octanol–water partition coefficient (Wildman–Crippen LogP) is 2.44. The molecule has 2 aromatic rings. The second-order valence-corrected chi connectivity index (χ2v) is 6.45. The first-order valence-electron chi connectivity index (χ1n) is 6.20. The van der Waals surface area contributed by atoms with Gasteiger partial charge >= 0.3 is 129 Å². The molecule has 0 unspecified atom stereocenters. The van der Waals surface area contributed by atoms with E-state index in [0.717, 1.165) is 14.9 Å². The third-order valence-electron chi connectivity index (χ3n) is 2.56. The molecule has 0 amide bonds. The van der Waals surface area contributed by atoms with Crippen molar-refractivity contribution in [2.24, 2.45) is 0 Å². The number of nitrogens with zero attached hydrogens (tertiary/aromatic N) is 1. The molecule has 0 spiro atoms. The molecule has 2 rings (SSSR count). The van der Waals surface area contributed by atoms with Gasteiger partial charge in [0.15, 0.2) is 0 Å². The average molecular weight is 355 g/mol. The summed E-state index contributed by atoms with van der Waals surface area (Å²) in [5.74, 6) is -0.298. The van der Waals surface area contributed by atoms with E-state index >= 15 is 0 Å². The van der Waals surface area contributed by atoms with Crippen molar-refractivity contribution in [3.63, 3.8) is 0 Å². The number of hydrogen-bond acceptors (Lipinski definition) is 3. The van der Waals surface area contributed by atoms with Crippen LogP contribution in [0.25, 0.3) is 0 Å². The van der Waals surface area contributed by atoms with Gasteiger partial charge in [-0.05, 0) is 0 Å². The summed E-state index contributed by atoms with van der Waals surface area (Å²) in [4.78, 5) is 16.2. The van der Waals surface area contributed by atoms with E-state index in [2.05, 4.69) is 4.98 Å². The summed E-state index contributed by atoms with van der Waals surface area (Å²) in [6, 6.07) is 11.3. The number of aromatic nitrogens is 1. The Morgan fingerprint density at radius 1 is 1.30 bits per heavy atom. The molecular formula is C15H14ClNO2Se. The van der Waals surface area contributed by atoms with Gasteiger partial charge in [0, 0.05) is 0 Å². The van der Waals surface area contributed by atoms with Crippen molar-refractivity contribution < 1.29 is 9.53 Å². The fraction of sp³-hybridized carbons (Fsp3) is 0.200. The van der Waals surface area contributed by atoms with Crippen molar-refractivity contribution in [3.05, 3.63) is 58.7 Å². The Balaban J connectivity index is 2.09. The van der Waals surface area contributed by atoms with Crippen LogP contribution in [0.4, 0.5) is 0 Å². The van der Waals surface area contributed by atoms with E-state index in [1.807, 2.05) is 24.3 Å². The minimum absolute atomic E-state index is 0.0805. The quantitative estimate of drug-likeness (QED) is 0.611. The van der Waals surface area contributed by atoms with Crippen molar-refractivity contribution in [2.45, 2.75) is 12.2 Å². The van der Waals surface area contributed by atoms with Crippen LogP contribution < -0.4 is 4.59 Å². The normalized spacial score (nSPS) is 10.3. The molecule has 0 aliphatic heterocycles. The number of esters is 1. The van der Waals surface area contributed by atoms with Crippen LogP contribution in [0.1, 0.15) is 22.8 Å². The third kappa shape index (κ3) is 4.07. The van der Waals surface area contributed by atoms with E-state index in [0.29, 0.717) is 12.2 Å². The molecular weight excluding hydrogens is 341 g/mol. The Labute approximate surface area is 129 Å². The van der Waals surface area contributed by atoms with Gasteiger partial charge in [-0.3, -0.25) is 0 Å². The van der Waals surface area contributed by atoms with Crippen LogP contribution >= 0.6 is 11.6 Å². The van der Waals surface area contributed by atoms with Gasteiger partial charge in [-0.25, -0.2) is 0 Å². The molecule has 0 atom stereocenters. The second kappa shape index (κ2) is 7.44. The molecule has 0 bridgehead atoms. The van der Waals surface area contributed by atoms with E-state index in [9.17, 15) is 4.79 Å². The van der Waals surface area contributed by atoms with Crippen molar-refractivity contribution >= 4 is 37.1 Å². The van der Waals surface area contributed by atoms with E-state index in [-0.39, 0.29) is 20.9 Å². The van der Waals surface area contributed by atoms with Crippen molar-refractivity contribution in [2.75, 3.05) is 6.61 Å². The molecule has 20 heavy (non-hydrogen) atoms. The summed E-state index contributed by atoms with van der Waals surface area (Å²) < 4.78 is 5.88. The summed E-state index contributed by atoms with van der Waals surface area (Å²) >= 11 is 5.94. The van der Waals surface area contributed by atoms with Crippen molar-refractivity contribution in [3.8, 4) is 0 Å².